The number of carbonyl (C=O) groups is 1. The maximum absolute atomic E-state index is 13.0. The fraction of sp³-hybridized carbons (Fsp3) is 0.0323. The van der Waals surface area contributed by atoms with Crippen LogP contribution in [0.4, 0.5) is 0 Å². The molecule has 0 unspecified atom stereocenters. The van der Waals surface area contributed by atoms with Crippen LogP contribution in [0.1, 0.15) is 32.3 Å². The number of rotatable bonds is 5. The number of hydrogen-bond donors (Lipinski definition) is 1. The first kappa shape index (κ1) is 23.2. The van der Waals surface area contributed by atoms with E-state index in [4.69, 9.17) is 16.3 Å². The molecule has 1 amide bonds. The lowest BCUT2D eigenvalue weighted by Crippen LogP contribution is -2.20. The minimum Gasteiger partial charge on any atom is -0.456 e. The van der Waals surface area contributed by atoms with E-state index in [1.807, 2.05) is 91.0 Å². The third-order valence-electron chi connectivity index (χ3n) is 6.29. The van der Waals surface area contributed by atoms with Crippen molar-refractivity contribution in [2.45, 2.75) is 5.92 Å². The molecule has 6 rings (SSSR count). The Morgan fingerprint density at radius 1 is 0.865 bits per heavy atom. The molecule has 1 N–H and O–H groups in total. The smallest absolute Gasteiger partial charge is 0.283 e. The molecule has 2 heterocycles. The molecule has 180 valence electrons. The van der Waals surface area contributed by atoms with Crippen LogP contribution < -0.4 is 10.2 Å². The lowest BCUT2D eigenvalue weighted by atomic mass is 9.82. The summed E-state index contributed by atoms with van der Waals surface area (Å²) in [5.41, 5.74) is 6.60. The van der Waals surface area contributed by atoms with Crippen LogP contribution in [0, 0.1) is 0 Å². The molecule has 5 aromatic rings. The summed E-state index contributed by atoms with van der Waals surface area (Å²) in [6.07, 6.45) is 1.69. The molecular formula is C31H21ClN2O2S. The molecule has 1 aliphatic heterocycles. The second-order valence-corrected chi connectivity index (χ2v) is 10.0. The Kier molecular flexibility index (Phi) is 6.31. The van der Waals surface area contributed by atoms with Crippen LogP contribution in [-0.2, 0) is 0 Å². The highest BCUT2D eigenvalue weighted by Crippen LogP contribution is 2.45. The topological polar surface area (TPSA) is 50.7 Å². The van der Waals surface area contributed by atoms with E-state index in [2.05, 4.69) is 28.7 Å². The number of ether oxygens (including phenoxy) is 1. The van der Waals surface area contributed by atoms with Crippen LogP contribution in [-0.4, -0.2) is 12.1 Å². The molecule has 37 heavy (non-hydrogen) atoms. The van der Waals surface area contributed by atoms with Gasteiger partial charge in [-0.2, -0.15) is 5.10 Å². The van der Waals surface area contributed by atoms with Crippen LogP contribution in [0.2, 0.25) is 5.02 Å². The number of nitrogens with zero attached hydrogens (tertiary/aromatic N) is 1. The standard InChI is InChI=1S/C31H21ClN2O2S/c32-28-23-16-8-10-18-26(23)37-30(28)31(35)34-33-19-24-27(20-11-3-1-4-12-20)22-15-7-9-17-25(22)36-29(24)21-13-5-2-6-14-21/h1-19,27H,(H,34,35)/b33-19-/t27-/m1/s1. The van der Waals surface area contributed by atoms with Crippen molar-refractivity contribution in [3.8, 4) is 5.75 Å². The SMILES string of the molecule is O=C(N/N=C\C1=C(c2ccccc2)Oc2ccccc2[C@H]1c1ccccc1)c1sc2ccccc2c1Cl. The van der Waals surface area contributed by atoms with Gasteiger partial charge in [-0.3, -0.25) is 4.79 Å². The zero-order valence-corrected chi connectivity index (χ0v) is 21.2. The number of thiophene rings is 1. The van der Waals surface area contributed by atoms with Crippen LogP contribution >= 0.6 is 22.9 Å². The van der Waals surface area contributed by atoms with Gasteiger partial charge < -0.3 is 4.74 Å². The zero-order valence-electron chi connectivity index (χ0n) is 19.6. The quantitative estimate of drug-likeness (QED) is 0.189. The van der Waals surface area contributed by atoms with Gasteiger partial charge in [0.25, 0.3) is 5.91 Å². The predicted molar refractivity (Wildman–Crippen MR) is 152 cm³/mol. The first-order valence-corrected chi connectivity index (χ1v) is 13.0. The van der Waals surface area contributed by atoms with Crippen molar-refractivity contribution in [2.75, 3.05) is 0 Å². The van der Waals surface area contributed by atoms with E-state index in [-0.39, 0.29) is 11.8 Å². The lowest BCUT2D eigenvalue weighted by molar-refractivity contribution is 0.0959. The van der Waals surface area contributed by atoms with E-state index in [9.17, 15) is 4.79 Å². The van der Waals surface area contributed by atoms with Crippen LogP contribution in [0.15, 0.2) is 120 Å². The summed E-state index contributed by atoms with van der Waals surface area (Å²) in [5.74, 6) is 1.02. The number of para-hydroxylation sites is 1. The molecule has 4 nitrogen and oxygen atoms in total. The number of hydrogen-bond acceptors (Lipinski definition) is 4. The van der Waals surface area contributed by atoms with E-state index in [0.29, 0.717) is 15.7 Å². The summed E-state index contributed by atoms with van der Waals surface area (Å²) in [5, 5.41) is 5.69. The second kappa shape index (κ2) is 10.1. The molecule has 0 spiro atoms. The highest BCUT2D eigenvalue weighted by molar-refractivity contribution is 7.21. The van der Waals surface area contributed by atoms with Crippen molar-refractivity contribution in [2.24, 2.45) is 5.10 Å². The third-order valence-corrected chi connectivity index (χ3v) is 7.97. The minimum absolute atomic E-state index is 0.130. The molecule has 0 bridgehead atoms. The van der Waals surface area contributed by atoms with Gasteiger partial charge in [0.2, 0.25) is 0 Å². The van der Waals surface area contributed by atoms with Gasteiger partial charge in [0.1, 0.15) is 16.4 Å². The minimum atomic E-state index is -0.349. The van der Waals surface area contributed by atoms with Crippen molar-refractivity contribution in [1.82, 2.24) is 5.43 Å². The number of nitrogens with one attached hydrogen (secondary N) is 1. The van der Waals surface area contributed by atoms with Gasteiger partial charge in [0.15, 0.2) is 0 Å². The van der Waals surface area contributed by atoms with Crippen molar-refractivity contribution < 1.29 is 9.53 Å². The molecule has 1 aromatic heterocycles. The Balaban J connectivity index is 1.42. The number of carbonyl (C=O) groups excluding carboxylic acids is 1. The summed E-state index contributed by atoms with van der Waals surface area (Å²) in [6, 6.07) is 35.9. The summed E-state index contributed by atoms with van der Waals surface area (Å²) >= 11 is 7.86. The van der Waals surface area contributed by atoms with E-state index < -0.39 is 0 Å². The normalized spacial score (nSPS) is 15.0. The summed E-state index contributed by atoms with van der Waals surface area (Å²) in [7, 11) is 0. The highest BCUT2D eigenvalue weighted by atomic mass is 35.5. The molecule has 0 saturated heterocycles. The van der Waals surface area contributed by atoms with E-state index in [1.165, 1.54) is 11.3 Å². The van der Waals surface area contributed by atoms with Crippen LogP contribution in [0.3, 0.4) is 0 Å². The predicted octanol–water partition coefficient (Wildman–Crippen LogP) is 7.91. The fourth-order valence-corrected chi connectivity index (χ4v) is 6.01. The highest BCUT2D eigenvalue weighted by Gasteiger charge is 2.31. The van der Waals surface area contributed by atoms with E-state index >= 15 is 0 Å². The largest absolute Gasteiger partial charge is 0.456 e. The van der Waals surface area contributed by atoms with Gasteiger partial charge in [-0.25, -0.2) is 5.43 Å². The van der Waals surface area contributed by atoms with Crippen LogP contribution in [0.5, 0.6) is 5.75 Å². The molecule has 0 fully saturated rings. The molecular weight excluding hydrogens is 500 g/mol. The Labute approximate surface area is 223 Å². The van der Waals surface area contributed by atoms with Crippen molar-refractivity contribution in [3.63, 3.8) is 0 Å². The van der Waals surface area contributed by atoms with Gasteiger partial charge in [0.05, 0.1) is 11.2 Å². The summed E-state index contributed by atoms with van der Waals surface area (Å²) < 4.78 is 7.40. The monoisotopic (exact) mass is 520 g/mol. The Bertz CT molecular complexity index is 1660. The number of allylic oxidation sites excluding steroid dienone is 1. The molecule has 0 saturated carbocycles. The maximum atomic E-state index is 13.0. The second-order valence-electron chi connectivity index (χ2n) is 8.57. The van der Waals surface area contributed by atoms with Crippen molar-refractivity contribution >= 4 is 50.9 Å². The van der Waals surface area contributed by atoms with Gasteiger partial charge in [-0.05, 0) is 17.7 Å². The van der Waals surface area contributed by atoms with Crippen molar-refractivity contribution in [3.05, 3.63) is 141 Å². The summed E-state index contributed by atoms with van der Waals surface area (Å²) in [6.45, 7) is 0. The number of fused-ring (bicyclic) bond motifs is 2. The Hall–Kier alpha value is -4.19. The van der Waals surface area contributed by atoms with E-state index in [0.717, 1.165) is 38.1 Å². The lowest BCUT2D eigenvalue weighted by Gasteiger charge is -2.29. The molecule has 1 atom stereocenters. The number of halogens is 1. The number of amides is 1. The fourth-order valence-electron chi connectivity index (χ4n) is 4.60. The van der Waals surface area contributed by atoms with Crippen molar-refractivity contribution in [1.29, 1.82) is 0 Å². The number of hydrazone groups is 1. The maximum Gasteiger partial charge on any atom is 0.283 e. The molecule has 4 aromatic carbocycles. The molecule has 6 heteroatoms. The number of benzene rings is 4. The third kappa shape index (κ3) is 4.44. The van der Waals surface area contributed by atoms with Gasteiger partial charge in [-0.15, -0.1) is 11.3 Å². The van der Waals surface area contributed by atoms with Gasteiger partial charge >= 0.3 is 0 Å². The van der Waals surface area contributed by atoms with Crippen LogP contribution in [0.25, 0.3) is 15.8 Å². The zero-order chi connectivity index (χ0) is 25.2. The Morgan fingerprint density at radius 3 is 2.32 bits per heavy atom. The Morgan fingerprint density at radius 2 is 1.54 bits per heavy atom. The first-order valence-electron chi connectivity index (χ1n) is 11.8. The molecule has 0 aliphatic carbocycles. The average molecular weight is 521 g/mol. The van der Waals surface area contributed by atoms with Gasteiger partial charge in [-0.1, -0.05) is 109 Å². The first-order chi connectivity index (χ1) is 18.2. The average Bonchev–Trinajstić information content (AvgIpc) is 3.30. The van der Waals surface area contributed by atoms with Gasteiger partial charge in [0, 0.05) is 32.7 Å². The molecule has 1 aliphatic rings. The summed E-state index contributed by atoms with van der Waals surface area (Å²) in [4.78, 5) is 13.5. The molecule has 0 radical (unpaired) electrons. The van der Waals surface area contributed by atoms with E-state index in [1.54, 1.807) is 6.21 Å².